The Morgan fingerprint density at radius 1 is 0.862 bits per heavy atom. The quantitative estimate of drug-likeness (QED) is 0.538. The van der Waals surface area contributed by atoms with Crippen LogP contribution in [0.15, 0.2) is 89.9 Å². The standard InChI is InChI=1S/C26H26NOP/c1-26(2,25-27-24-22-16-10-9-11-19(22)17-23(24)28-25)18-29(20-12-5-3-6-13-20)21-14-7-4-8-15-21/h3-16,23-24H,17-18H2,1-2H3/t23-,24+/m0/s1. The van der Waals surface area contributed by atoms with Gasteiger partial charge in [-0.25, -0.2) is 4.99 Å². The molecule has 3 heteroatoms. The number of aliphatic imine (C=N–C) groups is 1. The Morgan fingerprint density at radius 3 is 2.10 bits per heavy atom. The molecule has 0 bridgehead atoms. The van der Waals surface area contributed by atoms with E-state index >= 15 is 0 Å². The Bertz CT molecular complexity index is 989. The van der Waals surface area contributed by atoms with Gasteiger partial charge in [-0.05, 0) is 35.8 Å². The van der Waals surface area contributed by atoms with Crippen molar-refractivity contribution >= 4 is 24.4 Å². The molecule has 0 saturated carbocycles. The van der Waals surface area contributed by atoms with Gasteiger partial charge in [0.1, 0.15) is 12.1 Å². The van der Waals surface area contributed by atoms with E-state index in [2.05, 4.69) is 98.8 Å². The zero-order chi connectivity index (χ0) is 19.8. The number of hydrogen-bond donors (Lipinski definition) is 0. The molecule has 2 atom stereocenters. The van der Waals surface area contributed by atoms with Crippen LogP contribution in [0.3, 0.4) is 0 Å². The van der Waals surface area contributed by atoms with Gasteiger partial charge in [0, 0.05) is 11.8 Å². The van der Waals surface area contributed by atoms with Crippen LogP contribution in [0.2, 0.25) is 0 Å². The monoisotopic (exact) mass is 399 g/mol. The first-order valence-electron chi connectivity index (χ1n) is 10.3. The summed E-state index contributed by atoms with van der Waals surface area (Å²) in [6, 6.07) is 30.6. The molecule has 3 aromatic rings. The van der Waals surface area contributed by atoms with Gasteiger partial charge in [-0.3, -0.25) is 0 Å². The average molecular weight is 399 g/mol. The minimum atomic E-state index is -0.483. The first-order valence-corrected chi connectivity index (χ1v) is 11.8. The van der Waals surface area contributed by atoms with E-state index in [4.69, 9.17) is 9.73 Å². The molecule has 0 aromatic heterocycles. The number of fused-ring (bicyclic) bond motifs is 3. The summed E-state index contributed by atoms with van der Waals surface area (Å²) in [5.41, 5.74) is 2.62. The summed E-state index contributed by atoms with van der Waals surface area (Å²) in [5, 5.41) is 2.82. The van der Waals surface area contributed by atoms with E-state index in [0.29, 0.717) is 0 Å². The summed E-state index contributed by atoms with van der Waals surface area (Å²) in [7, 11) is -0.483. The minimum absolute atomic E-state index is 0.114. The third-order valence-corrected chi connectivity index (χ3v) is 8.88. The van der Waals surface area contributed by atoms with Crippen LogP contribution in [0.1, 0.15) is 31.0 Å². The van der Waals surface area contributed by atoms with E-state index in [1.165, 1.54) is 21.7 Å². The lowest BCUT2D eigenvalue weighted by Gasteiger charge is -2.30. The summed E-state index contributed by atoms with van der Waals surface area (Å²) in [6.07, 6.45) is 2.16. The van der Waals surface area contributed by atoms with E-state index < -0.39 is 7.92 Å². The lowest BCUT2D eigenvalue weighted by Crippen LogP contribution is -2.32. The van der Waals surface area contributed by atoms with Crippen molar-refractivity contribution in [2.45, 2.75) is 32.4 Å². The largest absolute Gasteiger partial charge is 0.474 e. The van der Waals surface area contributed by atoms with Crippen molar-refractivity contribution in [3.8, 4) is 0 Å². The molecule has 146 valence electrons. The number of nitrogens with zero attached hydrogens (tertiary/aromatic N) is 1. The van der Waals surface area contributed by atoms with Gasteiger partial charge in [0.25, 0.3) is 0 Å². The second-order valence-corrected chi connectivity index (χ2v) is 10.8. The van der Waals surface area contributed by atoms with Crippen molar-refractivity contribution in [2.75, 3.05) is 6.16 Å². The van der Waals surface area contributed by atoms with Crippen LogP contribution >= 0.6 is 7.92 Å². The normalized spacial score (nSPS) is 20.2. The van der Waals surface area contributed by atoms with Crippen LogP contribution < -0.4 is 10.6 Å². The number of hydrogen-bond acceptors (Lipinski definition) is 2. The molecule has 0 N–H and O–H groups in total. The number of ether oxygens (including phenoxy) is 1. The molecule has 29 heavy (non-hydrogen) atoms. The Balaban J connectivity index is 1.45. The molecule has 0 fully saturated rings. The molecule has 0 radical (unpaired) electrons. The zero-order valence-electron chi connectivity index (χ0n) is 17.0. The van der Waals surface area contributed by atoms with Gasteiger partial charge in [0.2, 0.25) is 0 Å². The first kappa shape index (κ1) is 18.6. The molecule has 0 spiro atoms. The van der Waals surface area contributed by atoms with Crippen LogP contribution in [0.25, 0.3) is 0 Å². The van der Waals surface area contributed by atoms with Gasteiger partial charge in [0.15, 0.2) is 5.90 Å². The fraction of sp³-hybridized carbons (Fsp3) is 0.269. The van der Waals surface area contributed by atoms with Gasteiger partial charge in [-0.1, -0.05) is 98.8 Å². The van der Waals surface area contributed by atoms with Crippen LogP contribution in [0.5, 0.6) is 0 Å². The lowest BCUT2D eigenvalue weighted by atomic mass is 9.96. The first-order chi connectivity index (χ1) is 14.1. The zero-order valence-corrected chi connectivity index (χ0v) is 17.8. The third-order valence-electron chi connectivity index (χ3n) is 5.93. The van der Waals surface area contributed by atoms with Crippen molar-refractivity contribution in [1.29, 1.82) is 0 Å². The molecule has 0 amide bonds. The van der Waals surface area contributed by atoms with E-state index in [0.717, 1.165) is 18.5 Å². The molecule has 1 heterocycles. The van der Waals surface area contributed by atoms with Crippen LogP contribution in [0.4, 0.5) is 0 Å². The summed E-state index contributed by atoms with van der Waals surface area (Å²) < 4.78 is 6.47. The van der Waals surface area contributed by atoms with Crippen molar-refractivity contribution in [3.63, 3.8) is 0 Å². The van der Waals surface area contributed by atoms with Gasteiger partial charge < -0.3 is 4.74 Å². The third kappa shape index (κ3) is 3.51. The maximum absolute atomic E-state index is 6.47. The predicted octanol–water partition coefficient (Wildman–Crippen LogP) is 5.24. The summed E-state index contributed by atoms with van der Waals surface area (Å²) in [6.45, 7) is 4.58. The second-order valence-electron chi connectivity index (χ2n) is 8.58. The van der Waals surface area contributed by atoms with Gasteiger partial charge in [-0.2, -0.15) is 0 Å². The molecule has 1 aliphatic heterocycles. The highest BCUT2D eigenvalue weighted by Crippen LogP contribution is 2.46. The molecule has 2 nitrogen and oxygen atoms in total. The number of rotatable bonds is 5. The summed E-state index contributed by atoms with van der Waals surface area (Å²) >= 11 is 0. The van der Waals surface area contributed by atoms with Gasteiger partial charge in [0.05, 0.1) is 0 Å². The Morgan fingerprint density at radius 2 is 1.45 bits per heavy atom. The maximum atomic E-state index is 6.47. The Labute approximate surface area is 174 Å². The van der Waals surface area contributed by atoms with Crippen LogP contribution in [0, 0.1) is 5.41 Å². The van der Waals surface area contributed by atoms with Crippen molar-refractivity contribution in [3.05, 3.63) is 96.1 Å². The highest BCUT2D eigenvalue weighted by atomic mass is 31.1. The van der Waals surface area contributed by atoms with E-state index in [1.54, 1.807) is 0 Å². The number of benzene rings is 3. The van der Waals surface area contributed by atoms with Crippen molar-refractivity contribution < 1.29 is 4.74 Å². The molecule has 3 aromatic carbocycles. The summed E-state index contributed by atoms with van der Waals surface area (Å²) in [5.74, 6) is 0.932. The maximum Gasteiger partial charge on any atom is 0.190 e. The van der Waals surface area contributed by atoms with Crippen LogP contribution in [-0.2, 0) is 11.2 Å². The van der Waals surface area contributed by atoms with Crippen molar-refractivity contribution in [2.24, 2.45) is 10.4 Å². The van der Waals surface area contributed by atoms with Crippen LogP contribution in [-0.4, -0.2) is 18.2 Å². The molecule has 0 saturated heterocycles. The predicted molar refractivity (Wildman–Crippen MR) is 123 cm³/mol. The van der Waals surface area contributed by atoms with Gasteiger partial charge >= 0.3 is 0 Å². The molecule has 5 rings (SSSR count). The molecular formula is C26H26NOP. The van der Waals surface area contributed by atoms with Crippen molar-refractivity contribution in [1.82, 2.24) is 0 Å². The topological polar surface area (TPSA) is 21.6 Å². The fourth-order valence-electron chi connectivity index (χ4n) is 4.44. The second kappa shape index (κ2) is 7.43. The molecular weight excluding hydrogens is 373 g/mol. The molecule has 2 aliphatic rings. The average Bonchev–Trinajstić information content (AvgIpc) is 3.32. The SMILES string of the molecule is CC(C)(CP(c1ccccc1)c1ccccc1)C1=N[C@@H]2c3ccccc3C[C@@H]2O1. The summed E-state index contributed by atoms with van der Waals surface area (Å²) in [4.78, 5) is 5.11. The lowest BCUT2D eigenvalue weighted by molar-refractivity contribution is 0.186. The fourth-order valence-corrected chi connectivity index (χ4v) is 7.09. The van der Waals surface area contributed by atoms with Gasteiger partial charge in [-0.15, -0.1) is 0 Å². The Hall–Kier alpha value is -2.44. The van der Waals surface area contributed by atoms with E-state index in [1.807, 2.05) is 0 Å². The van der Waals surface area contributed by atoms with E-state index in [-0.39, 0.29) is 17.6 Å². The molecule has 1 aliphatic carbocycles. The highest BCUT2D eigenvalue weighted by molar-refractivity contribution is 7.73. The van der Waals surface area contributed by atoms with E-state index in [9.17, 15) is 0 Å². The Kier molecular flexibility index (Phi) is 4.76. The highest BCUT2D eigenvalue weighted by Gasteiger charge is 2.44. The smallest absolute Gasteiger partial charge is 0.190 e. The molecule has 0 unspecified atom stereocenters. The minimum Gasteiger partial charge on any atom is -0.474 e.